The molecule has 0 atom stereocenters. The van der Waals surface area contributed by atoms with E-state index in [-0.39, 0.29) is 33.9 Å². The summed E-state index contributed by atoms with van der Waals surface area (Å²) in [6, 6.07) is 14.2. The van der Waals surface area contributed by atoms with Crippen LogP contribution in [-0.4, -0.2) is 32.6 Å². The Labute approximate surface area is 213 Å². The van der Waals surface area contributed by atoms with Gasteiger partial charge in [-0.3, -0.25) is 9.59 Å². The molecule has 5 aromatic rings. The lowest BCUT2D eigenvalue weighted by molar-refractivity contribution is -0.118. The smallest absolute Gasteiger partial charge is 0.251 e. The lowest BCUT2D eigenvalue weighted by Crippen LogP contribution is -2.16. The van der Waals surface area contributed by atoms with Crippen LogP contribution in [0.5, 0.6) is 11.5 Å². The van der Waals surface area contributed by atoms with Crippen LogP contribution in [0.15, 0.2) is 84.0 Å². The van der Waals surface area contributed by atoms with E-state index in [0.717, 1.165) is 0 Å². The third-order valence-corrected chi connectivity index (χ3v) is 5.51. The van der Waals surface area contributed by atoms with Crippen LogP contribution in [0.1, 0.15) is 0 Å². The first-order valence-electron chi connectivity index (χ1n) is 11.3. The monoisotopic (exact) mass is 515 g/mol. The molecule has 0 fully saturated rings. The summed E-state index contributed by atoms with van der Waals surface area (Å²) in [7, 11) is 0. The van der Waals surface area contributed by atoms with Gasteiger partial charge in [-0.15, -0.1) is 0 Å². The third kappa shape index (κ3) is 5.18. The van der Waals surface area contributed by atoms with Crippen molar-refractivity contribution in [2.24, 2.45) is 0 Å². The third-order valence-electron chi connectivity index (χ3n) is 5.51. The summed E-state index contributed by atoms with van der Waals surface area (Å²) in [5, 5.41) is 14.5. The second-order valence-electron chi connectivity index (χ2n) is 8.08. The topological polar surface area (TPSA) is 129 Å². The standard InChI is InChI=1S/C27H19F2N5O4/c28-16-3-1-15(2-4-16)19-13-32-21-8-10-31-27(25(21)26(19)37)33-17-5-6-22(20(29)11-17)38-18-7-9-30-23(12-18)34-24(36)14-35/h1-13,35H,14H2,(H,31,33)(H,32,37)(H,30,34,36). The van der Waals surface area contributed by atoms with E-state index < -0.39 is 24.1 Å². The first kappa shape index (κ1) is 24.5. The number of halogens is 2. The lowest BCUT2D eigenvalue weighted by atomic mass is 10.0. The Hall–Kier alpha value is -5.16. The minimum absolute atomic E-state index is 0.0940. The van der Waals surface area contributed by atoms with Crippen molar-refractivity contribution in [2.75, 3.05) is 17.2 Å². The van der Waals surface area contributed by atoms with Gasteiger partial charge in [-0.25, -0.2) is 18.7 Å². The van der Waals surface area contributed by atoms with Crippen LogP contribution < -0.4 is 20.8 Å². The Morgan fingerprint density at radius 1 is 1.00 bits per heavy atom. The predicted molar refractivity (Wildman–Crippen MR) is 137 cm³/mol. The number of anilines is 3. The number of rotatable bonds is 7. The highest BCUT2D eigenvalue weighted by atomic mass is 19.1. The molecule has 0 unspecified atom stereocenters. The van der Waals surface area contributed by atoms with Gasteiger partial charge in [-0.1, -0.05) is 12.1 Å². The van der Waals surface area contributed by atoms with Gasteiger partial charge >= 0.3 is 0 Å². The molecule has 5 rings (SSSR count). The highest BCUT2D eigenvalue weighted by Crippen LogP contribution is 2.30. The summed E-state index contributed by atoms with van der Waals surface area (Å²) in [4.78, 5) is 35.9. The van der Waals surface area contributed by atoms with Crippen LogP contribution in [0.25, 0.3) is 22.0 Å². The van der Waals surface area contributed by atoms with E-state index in [9.17, 15) is 18.4 Å². The van der Waals surface area contributed by atoms with Crippen LogP contribution in [0.4, 0.5) is 26.1 Å². The van der Waals surface area contributed by atoms with E-state index in [1.54, 1.807) is 18.3 Å². The molecule has 0 saturated heterocycles. The number of nitrogens with zero attached hydrogens (tertiary/aromatic N) is 2. The summed E-state index contributed by atoms with van der Waals surface area (Å²) < 4.78 is 33.8. The quantitative estimate of drug-likeness (QED) is 0.247. The van der Waals surface area contributed by atoms with Gasteiger partial charge in [0, 0.05) is 42.0 Å². The van der Waals surface area contributed by atoms with Gasteiger partial charge in [0.1, 0.15) is 29.8 Å². The van der Waals surface area contributed by atoms with E-state index >= 15 is 0 Å². The van der Waals surface area contributed by atoms with Crippen LogP contribution in [0, 0.1) is 11.6 Å². The maximum Gasteiger partial charge on any atom is 0.251 e. The molecule has 1 amide bonds. The Bertz CT molecular complexity index is 1710. The number of carbonyl (C=O) groups is 1. The van der Waals surface area contributed by atoms with Gasteiger partial charge in [-0.2, -0.15) is 0 Å². The zero-order chi connectivity index (χ0) is 26.6. The summed E-state index contributed by atoms with van der Waals surface area (Å²) >= 11 is 0. The molecule has 0 aliphatic heterocycles. The number of ether oxygens (including phenoxy) is 1. The van der Waals surface area contributed by atoms with Crippen molar-refractivity contribution in [2.45, 2.75) is 0 Å². The van der Waals surface area contributed by atoms with E-state index in [4.69, 9.17) is 9.84 Å². The highest BCUT2D eigenvalue weighted by molar-refractivity contribution is 5.93. The second-order valence-corrected chi connectivity index (χ2v) is 8.08. The molecule has 0 bridgehead atoms. The maximum atomic E-state index is 14.9. The van der Waals surface area contributed by atoms with Crippen molar-refractivity contribution >= 4 is 34.1 Å². The van der Waals surface area contributed by atoms with E-state index in [2.05, 4.69) is 25.6 Å². The van der Waals surface area contributed by atoms with E-state index in [1.165, 1.54) is 60.9 Å². The van der Waals surface area contributed by atoms with Gasteiger partial charge in [0.25, 0.3) is 5.91 Å². The second kappa shape index (κ2) is 10.4. The fraction of sp³-hybridized carbons (Fsp3) is 0.0370. The molecule has 2 aromatic carbocycles. The molecule has 11 heteroatoms. The molecule has 3 heterocycles. The number of carbonyl (C=O) groups excluding carboxylic acids is 1. The number of nitrogens with one attached hydrogen (secondary N) is 3. The molecule has 0 aliphatic carbocycles. The number of amides is 1. The van der Waals surface area contributed by atoms with Gasteiger partial charge in [0.2, 0.25) is 5.43 Å². The number of aliphatic hydroxyl groups excluding tert-OH is 1. The van der Waals surface area contributed by atoms with Crippen molar-refractivity contribution in [3.63, 3.8) is 0 Å². The Morgan fingerprint density at radius 2 is 1.79 bits per heavy atom. The van der Waals surface area contributed by atoms with Crippen molar-refractivity contribution in [1.82, 2.24) is 15.0 Å². The number of aromatic nitrogens is 3. The Kier molecular flexibility index (Phi) is 6.74. The number of aliphatic hydroxyl groups is 1. The minimum atomic E-state index is -0.708. The normalized spacial score (nSPS) is 10.8. The average molecular weight is 515 g/mol. The minimum Gasteiger partial charge on any atom is -0.454 e. The summed E-state index contributed by atoms with van der Waals surface area (Å²) in [5.41, 5.74) is 1.36. The fourth-order valence-electron chi connectivity index (χ4n) is 3.75. The van der Waals surface area contributed by atoms with Crippen molar-refractivity contribution in [1.29, 1.82) is 0 Å². The number of hydrogen-bond donors (Lipinski definition) is 4. The Balaban J connectivity index is 1.42. The zero-order valence-electron chi connectivity index (χ0n) is 19.5. The van der Waals surface area contributed by atoms with Gasteiger partial charge in [0.05, 0.1) is 10.9 Å². The molecule has 190 valence electrons. The molecule has 0 radical (unpaired) electrons. The first-order chi connectivity index (χ1) is 18.4. The molecule has 3 aromatic heterocycles. The van der Waals surface area contributed by atoms with Crippen molar-refractivity contribution in [3.05, 3.63) is 101 Å². The number of benzene rings is 2. The number of fused-ring (bicyclic) bond motifs is 1. The maximum absolute atomic E-state index is 14.9. The van der Waals surface area contributed by atoms with Crippen LogP contribution in [-0.2, 0) is 4.79 Å². The number of aromatic amines is 1. The molecule has 4 N–H and O–H groups in total. The molecular weight excluding hydrogens is 496 g/mol. The van der Waals surface area contributed by atoms with Crippen molar-refractivity contribution in [3.8, 4) is 22.6 Å². The molecule has 0 spiro atoms. The van der Waals surface area contributed by atoms with Gasteiger partial charge in [-0.05, 0) is 42.0 Å². The zero-order valence-corrected chi connectivity index (χ0v) is 19.5. The van der Waals surface area contributed by atoms with Crippen LogP contribution >= 0.6 is 0 Å². The summed E-state index contributed by atoms with van der Waals surface area (Å²) in [6.07, 6.45) is 4.41. The first-order valence-corrected chi connectivity index (χ1v) is 11.3. The predicted octanol–water partition coefficient (Wildman–Crippen LogP) is 4.73. The van der Waals surface area contributed by atoms with Crippen LogP contribution in [0.3, 0.4) is 0 Å². The largest absolute Gasteiger partial charge is 0.454 e. The summed E-state index contributed by atoms with van der Waals surface area (Å²) in [5.74, 6) is -1.31. The fourth-order valence-corrected chi connectivity index (χ4v) is 3.75. The van der Waals surface area contributed by atoms with Crippen LogP contribution in [0.2, 0.25) is 0 Å². The number of pyridine rings is 3. The molecule has 0 saturated carbocycles. The summed E-state index contributed by atoms with van der Waals surface area (Å²) in [6.45, 7) is -0.708. The molecule has 38 heavy (non-hydrogen) atoms. The lowest BCUT2D eigenvalue weighted by Gasteiger charge is -2.12. The van der Waals surface area contributed by atoms with Crippen molar-refractivity contribution < 1.29 is 23.4 Å². The van der Waals surface area contributed by atoms with Gasteiger partial charge < -0.3 is 25.5 Å². The number of H-pyrrole nitrogens is 1. The average Bonchev–Trinajstić information content (AvgIpc) is 2.91. The molecular formula is C27H19F2N5O4. The Morgan fingerprint density at radius 3 is 2.55 bits per heavy atom. The molecule has 9 nitrogen and oxygen atoms in total. The highest BCUT2D eigenvalue weighted by Gasteiger charge is 2.14. The van der Waals surface area contributed by atoms with E-state index in [0.29, 0.717) is 22.3 Å². The van der Waals surface area contributed by atoms with E-state index in [1.807, 2.05) is 0 Å². The SMILES string of the molecule is O=C(CO)Nc1cc(Oc2ccc(Nc3nccc4[nH]cc(-c5ccc(F)cc5)c(=O)c34)cc2F)ccn1. The molecule has 0 aliphatic rings. The number of hydrogen-bond acceptors (Lipinski definition) is 7. The van der Waals surface area contributed by atoms with Gasteiger partial charge in [0.15, 0.2) is 11.6 Å².